The third-order valence-electron chi connectivity index (χ3n) is 3.78. The molecule has 0 aliphatic heterocycles. The molecule has 124 valence electrons. The highest BCUT2D eigenvalue weighted by Gasteiger charge is 2.35. The maximum Gasteiger partial charge on any atom is 0.418 e. The molecule has 0 atom stereocenters. The predicted molar refractivity (Wildman–Crippen MR) is 75.3 cm³/mol. The third kappa shape index (κ3) is 2.74. The van der Waals surface area contributed by atoms with Crippen molar-refractivity contribution in [1.82, 2.24) is 35.4 Å². The second-order valence-electron chi connectivity index (χ2n) is 5.59. The number of alkyl halides is 3. The molecule has 10 heteroatoms. The highest BCUT2D eigenvalue weighted by molar-refractivity contribution is 5.43. The van der Waals surface area contributed by atoms with E-state index in [0.29, 0.717) is 17.5 Å². The quantitative estimate of drug-likeness (QED) is 0.790. The topological polar surface area (TPSA) is 85.2 Å². The molecule has 2 aromatic heterocycles. The molecule has 24 heavy (non-hydrogen) atoms. The van der Waals surface area contributed by atoms with Gasteiger partial charge in [0, 0.05) is 5.92 Å². The van der Waals surface area contributed by atoms with Crippen LogP contribution in [0.15, 0.2) is 24.3 Å². The number of hydrogen-bond acceptors (Lipinski definition) is 5. The molecule has 7 nitrogen and oxygen atoms in total. The molecule has 0 amide bonds. The summed E-state index contributed by atoms with van der Waals surface area (Å²) in [5.41, 5.74) is -0.811. The van der Waals surface area contributed by atoms with Crippen molar-refractivity contribution in [3.8, 4) is 5.69 Å². The zero-order valence-electron chi connectivity index (χ0n) is 12.3. The first kappa shape index (κ1) is 14.8. The van der Waals surface area contributed by atoms with Crippen LogP contribution in [0.1, 0.15) is 41.8 Å². The van der Waals surface area contributed by atoms with Crippen LogP contribution in [-0.4, -0.2) is 35.4 Å². The van der Waals surface area contributed by atoms with Gasteiger partial charge in [-0.2, -0.15) is 23.5 Å². The molecule has 1 aliphatic carbocycles. The number of tetrazole rings is 1. The largest absolute Gasteiger partial charge is 0.418 e. The fourth-order valence-electron chi connectivity index (χ4n) is 2.48. The monoisotopic (exact) mass is 335 g/mol. The van der Waals surface area contributed by atoms with Gasteiger partial charge in [0.05, 0.1) is 17.7 Å². The lowest BCUT2D eigenvalue weighted by atomic mass is 10.1. The third-order valence-corrected chi connectivity index (χ3v) is 3.78. The summed E-state index contributed by atoms with van der Waals surface area (Å²) in [6.45, 7) is 0. The van der Waals surface area contributed by atoms with Crippen molar-refractivity contribution in [2.75, 3.05) is 0 Å². The average molecular weight is 335 g/mol. The maximum atomic E-state index is 13.3. The zero-order valence-corrected chi connectivity index (χ0v) is 12.3. The number of nitrogens with one attached hydrogen (secondary N) is 1. The van der Waals surface area contributed by atoms with E-state index in [1.54, 1.807) is 6.07 Å². The summed E-state index contributed by atoms with van der Waals surface area (Å²) in [5, 5.41) is 17.8. The number of aromatic amines is 1. The van der Waals surface area contributed by atoms with Crippen molar-refractivity contribution >= 4 is 0 Å². The number of para-hydroxylation sites is 1. The zero-order chi connectivity index (χ0) is 16.7. The summed E-state index contributed by atoms with van der Waals surface area (Å²) in [7, 11) is 0. The molecule has 0 unspecified atom stereocenters. The Morgan fingerprint density at radius 3 is 2.67 bits per heavy atom. The smallest absolute Gasteiger partial charge is 0.216 e. The van der Waals surface area contributed by atoms with E-state index < -0.39 is 11.7 Å². The Kier molecular flexibility index (Phi) is 3.32. The summed E-state index contributed by atoms with van der Waals surface area (Å²) in [6, 6.07) is 5.31. The highest BCUT2D eigenvalue weighted by Crippen LogP contribution is 2.39. The molecule has 1 N–H and O–H groups in total. The molecule has 0 spiro atoms. The molecular formula is C14H12F3N7. The van der Waals surface area contributed by atoms with E-state index in [1.807, 2.05) is 0 Å². The molecule has 4 rings (SSSR count). The molecule has 0 saturated heterocycles. The van der Waals surface area contributed by atoms with Crippen LogP contribution >= 0.6 is 0 Å². The summed E-state index contributed by atoms with van der Waals surface area (Å²) < 4.78 is 41.2. The van der Waals surface area contributed by atoms with E-state index in [4.69, 9.17) is 0 Å². The van der Waals surface area contributed by atoms with Gasteiger partial charge in [0.2, 0.25) is 0 Å². The van der Waals surface area contributed by atoms with Gasteiger partial charge in [0.15, 0.2) is 11.6 Å². The Hall–Kier alpha value is -2.78. The van der Waals surface area contributed by atoms with Crippen LogP contribution in [0.4, 0.5) is 13.2 Å². The molecule has 2 heterocycles. The fourth-order valence-corrected chi connectivity index (χ4v) is 2.48. The van der Waals surface area contributed by atoms with Crippen LogP contribution in [-0.2, 0) is 12.6 Å². The standard InChI is InChI=1S/C14H12F3N7/c15-14(16,17)9-3-1-2-4-10(9)24-12(7-11-19-22-23-20-11)18-13(21-24)8-5-6-8/h1-4,8H,5-7H2,(H,19,20,22,23). The van der Waals surface area contributed by atoms with Crippen molar-refractivity contribution in [1.29, 1.82) is 0 Å². The molecule has 1 fully saturated rings. The Morgan fingerprint density at radius 1 is 1.21 bits per heavy atom. The minimum atomic E-state index is -4.48. The number of H-pyrrole nitrogens is 1. The summed E-state index contributed by atoms with van der Waals surface area (Å²) >= 11 is 0. The Balaban J connectivity index is 1.82. The minimum Gasteiger partial charge on any atom is -0.216 e. The van der Waals surface area contributed by atoms with Crippen LogP contribution in [0.2, 0.25) is 0 Å². The normalized spacial score (nSPS) is 15.0. The van der Waals surface area contributed by atoms with Crippen LogP contribution < -0.4 is 0 Å². The average Bonchev–Trinajstić information content (AvgIpc) is 3.12. The van der Waals surface area contributed by atoms with Crippen LogP contribution in [0, 0.1) is 0 Å². The fraction of sp³-hybridized carbons (Fsp3) is 0.357. The Morgan fingerprint density at radius 2 is 2.00 bits per heavy atom. The van der Waals surface area contributed by atoms with Crippen molar-refractivity contribution in [2.24, 2.45) is 0 Å². The van der Waals surface area contributed by atoms with Crippen molar-refractivity contribution in [2.45, 2.75) is 31.4 Å². The van der Waals surface area contributed by atoms with E-state index in [9.17, 15) is 13.2 Å². The van der Waals surface area contributed by atoms with Gasteiger partial charge in [0.25, 0.3) is 0 Å². The van der Waals surface area contributed by atoms with Crippen LogP contribution in [0.3, 0.4) is 0 Å². The number of rotatable bonds is 4. The molecule has 1 aliphatic rings. The maximum absolute atomic E-state index is 13.3. The molecule has 1 aromatic carbocycles. The SMILES string of the molecule is FC(F)(F)c1ccccc1-n1nc(C2CC2)nc1Cc1nn[nH]n1. The number of aromatic nitrogens is 7. The van der Waals surface area contributed by atoms with Crippen molar-refractivity contribution < 1.29 is 13.2 Å². The molecule has 1 saturated carbocycles. The van der Waals surface area contributed by atoms with Gasteiger partial charge < -0.3 is 0 Å². The van der Waals surface area contributed by atoms with E-state index in [-0.39, 0.29) is 18.0 Å². The number of halogens is 3. The van der Waals surface area contributed by atoms with Gasteiger partial charge in [-0.15, -0.1) is 10.2 Å². The molecular weight excluding hydrogens is 323 g/mol. The highest BCUT2D eigenvalue weighted by atomic mass is 19.4. The first-order valence-electron chi connectivity index (χ1n) is 7.37. The summed E-state index contributed by atoms with van der Waals surface area (Å²) in [6.07, 6.45) is -2.44. The minimum absolute atomic E-state index is 0.0529. The number of benzene rings is 1. The van der Waals surface area contributed by atoms with E-state index in [0.717, 1.165) is 18.9 Å². The Bertz CT molecular complexity index is 850. The molecule has 0 radical (unpaired) electrons. The number of hydrogen-bond donors (Lipinski definition) is 1. The lowest BCUT2D eigenvalue weighted by Gasteiger charge is -2.13. The lowest BCUT2D eigenvalue weighted by Crippen LogP contribution is -2.13. The predicted octanol–water partition coefficient (Wildman–Crippen LogP) is 2.27. The lowest BCUT2D eigenvalue weighted by molar-refractivity contribution is -0.137. The first-order chi connectivity index (χ1) is 11.5. The van der Waals surface area contributed by atoms with Crippen LogP contribution in [0.5, 0.6) is 0 Å². The van der Waals surface area contributed by atoms with Gasteiger partial charge in [-0.25, -0.2) is 9.67 Å². The van der Waals surface area contributed by atoms with E-state index in [1.165, 1.54) is 16.8 Å². The second kappa shape index (κ2) is 5.39. The van der Waals surface area contributed by atoms with Crippen molar-refractivity contribution in [3.63, 3.8) is 0 Å². The first-order valence-corrected chi connectivity index (χ1v) is 7.37. The van der Waals surface area contributed by atoms with Gasteiger partial charge in [-0.3, -0.25) is 0 Å². The van der Waals surface area contributed by atoms with E-state index in [2.05, 4.69) is 30.7 Å². The van der Waals surface area contributed by atoms with Gasteiger partial charge in [-0.05, 0) is 25.0 Å². The van der Waals surface area contributed by atoms with Gasteiger partial charge in [0.1, 0.15) is 5.82 Å². The summed E-state index contributed by atoms with van der Waals surface area (Å²) in [5.74, 6) is 1.48. The molecule has 0 bridgehead atoms. The van der Waals surface area contributed by atoms with Crippen molar-refractivity contribution in [3.05, 3.63) is 47.3 Å². The Labute approximate surface area is 133 Å². The van der Waals surface area contributed by atoms with Gasteiger partial charge >= 0.3 is 6.18 Å². The number of nitrogens with zero attached hydrogens (tertiary/aromatic N) is 6. The second-order valence-corrected chi connectivity index (χ2v) is 5.59. The van der Waals surface area contributed by atoms with Gasteiger partial charge in [-0.1, -0.05) is 17.3 Å². The molecule has 3 aromatic rings. The van der Waals surface area contributed by atoms with E-state index >= 15 is 0 Å². The summed E-state index contributed by atoms with van der Waals surface area (Å²) in [4.78, 5) is 4.41. The van der Waals surface area contributed by atoms with Crippen LogP contribution in [0.25, 0.3) is 5.69 Å².